The quantitative estimate of drug-likeness (QED) is 0.815. The van der Waals surface area contributed by atoms with Crippen LogP contribution in [0.3, 0.4) is 0 Å². The van der Waals surface area contributed by atoms with Gasteiger partial charge in [-0.3, -0.25) is 9.78 Å². The molecular weight excluding hydrogens is 234 g/mol. The summed E-state index contributed by atoms with van der Waals surface area (Å²) in [7, 11) is 0. The number of carbonyl (C=O) groups excluding carboxylic acids is 1. The third-order valence-corrected chi connectivity index (χ3v) is 3.53. The Labute approximate surface area is 112 Å². The van der Waals surface area contributed by atoms with Crippen molar-refractivity contribution in [2.45, 2.75) is 19.8 Å². The van der Waals surface area contributed by atoms with Crippen molar-refractivity contribution >= 4 is 11.4 Å². The first-order chi connectivity index (χ1) is 9.29. The molecule has 2 aromatic rings. The largest absolute Gasteiger partial charge is 0.289 e. The van der Waals surface area contributed by atoms with Crippen LogP contribution in [0.5, 0.6) is 0 Å². The fourth-order valence-electron chi connectivity index (χ4n) is 2.45. The molecular formula is C17H15NO. The van der Waals surface area contributed by atoms with Crippen LogP contribution in [0.4, 0.5) is 0 Å². The van der Waals surface area contributed by atoms with Gasteiger partial charge in [-0.2, -0.15) is 0 Å². The van der Waals surface area contributed by atoms with Crippen LogP contribution in [0, 0.1) is 0 Å². The van der Waals surface area contributed by atoms with E-state index in [4.69, 9.17) is 0 Å². The molecule has 0 fully saturated rings. The molecule has 0 radical (unpaired) electrons. The van der Waals surface area contributed by atoms with Crippen molar-refractivity contribution in [2.24, 2.45) is 0 Å². The summed E-state index contributed by atoms with van der Waals surface area (Å²) >= 11 is 0. The fourth-order valence-corrected chi connectivity index (χ4v) is 2.45. The van der Waals surface area contributed by atoms with Crippen molar-refractivity contribution in [3.05, 3.63) is 71.1 Å². The molecule has 0 atom stereocenters. The Morgan fingerprint density at radius 2 is 2.11 bits per heavy atom. The Morgan fingerprint density at radius 3 is 2.84 bits per heavy atom. The number of pyridine rings is 1. The van der Waals surface area contributed by atoms with Crippen LogP contribution < -0.4 is 0 Å². The van der Waals surface area contributed by atoms with Gasteiger partial charge in [0.1, 0.15) is 0 Å². The summed E-state index contributed by atoms with van der Waals surface area (Å²) in [6.45, 7) is 2.13. The van der Waals surface area contributed by atoms with Gasteiger partial charge in [0, 0.05) is 17.3 Å². The molecule has 0 N–H and O–H groups in total. The summed E-state index contributed by atoms with van der Waals surface area (Å²) in [6.07, 6.45) is 5.52. The zero-order chi connectivity index (χ0) is 13.2. The zero-order valence-corrected chi connectivity index (χ0v) is 10.9. The van der Waals surface area contributed by atoms with E-state index in [1.54, 1.807) is 6.20 Å². The lowest BCUT2D eigenvalue weighted by molar-refractivity contribution is 0.105. The molecule has 0 bridgehead atoms. The van der Waals surface area contributed by atoms with Crippen LogP contribution in [0.1, 0.15) is 34.1 Å². The molecule has 0 saturated carbocycles. The summed E-state index contributed by atoms with van der Waals surface area (Å²) < 4.78 is 0. The highest BCUT2D eigenvalue weighted by Crippen LogP contribution is 2.27. The van der Waals surface area contributed by atoms with Gasteiger partial charge in [0.25, 0.3) is 0 Å². The number of aromatic nitrogens is 1. The van der Waals surface area contributed by atoms with Gasteiger partial charge in [-0.15, -0.1) is 0 Å². The van der Waals surface area contributed by atoms with Crippen molar-refractivity contribution in [3.63, 3.8) is 0 Å². The average molecular weight is 249 g/mol. The zero-order valence-electron chi connectivity index (χ0n) is 10.9. The Morgan fingerprint density at radius 1 is 1.21 bits per heavy atom. The second-order valence-electron chi connectivity index (χ2n) is 4.71. The van der Waals surface area contributed by atoms with Crippen molar-refractivity contribution in [1.29, 1.82) is 0 Å². The maximum Gasteiger partial charge on any atom is 0.195 e. The molecule has 94 valence electrons. The smallest absolute Gasteiger partial charge is 0.195 e. The van der Waals surface area contributed by atoms with E-state index in [1.807, 2.05) is 36.4 Å². The Hall–Kier alpha value is -2.22. The number of allylic oxidation sites excluding steroid dienone is 2. The highest BCUT2D eigenvalue weighted by molar-refractivity contribution is 6.29. The first-order valence-corrected chi connectivity index (χ1v) is 6.57. The molecule has 1 aliphatic rings. The van der Waals surface area contributed by atoms with Gasteiger partial charge < -0.3 is 0 Å². The van der Waals surface area contributed by atoms with E-state index in [-0.39, 0.29) is 5.78 Å². The lowest BCUT2D eigenvalue weighted by atomic mass is 9.87. The predicted molar refractivity (Wildman–Crippen MR) is 76.1 cm³/mol. The summed E-state index contributed by atoms with van der Waals surface area (Å²) in [6, 6.07) is 11.8. The van der Waals surface area contributed by atoms with E-state index in [0.717, 1.165) is 35.2 Å². The SMILES string of the molecule is CCc1ccc2c(c1)CC=C(c1ccccn1)C2=O. The number of rotatable bonds is 2. The molecule has 1 aliphatic carbocycles. The Kier molecular flexibility index (Phi) is 3.00. The lowest BCUT2D eigenvalue weighted by Crippen LogP contribution is -2.12. The Bertz CT molecular complexity index is 656. The highest BCUT2D eigenvalue weighted by atomic mass is 16.1. The number of hydrogen-bond acceptors (Lipinski definition) is 2. The van der Waals surface area contributed by atoms with E-state index in [1.165, 1.54) is 5.56 Å². The van der Waals surface area contributed by atoms with E-state index in [0.29, 0.717) is 0 Å². The van der Waals surface area contributed by atoms with Gasteiger partial charge in [-0.05, 0) is 36.1 Å². The molecule has 1 aromatic heterocycles. The number of nitrogens with zero attached hydrogens (tertiary/aromatic N) is 1. The van der Waals surface area contributed by atoms with Gasteiger partial charge in [-0.1, -0.05) is 37.3 Å². The van der Waals surface area contributed by atoms with Crippen LogP contribution in [-0.2, 0) is 12.8 Å². The van der Waals surface area contributed by atoms with Gasteiger partial charge in [0.15, 0.2) is 5.78 Å². The van der Waals surface area contributed by atoms with Crippen LogP contribution >= 0.6 is 0 Å². The third-order valence-electron chi connectivity index (χ3n) is 3.53. The molecule has 1 heterocycles. The molecule has 0 saturated heterocycles. The minimum atomic E-state index is 0.0857. The van der Waals surface area contributed by atoms with Gasteiger partial charge in [-0.25, -0.2) is 0 Å². The minimum absolute atomic E-state index is 0.0857. The van der Waals surface area contributed by atoms with E-state index in [2.05, 4.69) is 18.0 Å². The summed E-state index contributed by atoms with van der Waals surface area (Å²) in [5.74, 6) is 0.0857. The van der Waals surface area contributed by atoms with Crippen LogP contribution in [0.2, 0.25) is 0 Å². The molecule has 3 rings (SSSR count). The maximum atomic E-state index is 12.5. The van der Waals surface area contributed by atoms with Crippen molar-refractivity contribution in [2.75, 3.05) is 0 Å². The molecule has 2 heteroatoms. The first kappa shape index (κ1) is 11.8. The van der Waals surface area contributed by atoms with Crippen LogP contribution in [-0.4, -0.2) is 10.8 Å². The molecule has 2 nitrogen and oxygen atoms in total. The summed E-state index contributed by atoms with van der Waals surface area (Å²) in [5, 5.41) is 0. The number of fused-ring (bicyclic) bond motifs is 1. The van der Waals surface area contributed by atoms with E-state index in [9.17, 15) is 4.79 Å². The average Bonchev–Trinajstić information content (AvgIpc) is 2.48. The van der Waals surface area contributed by atoms with Crippen molar-refractivity contribution in [3.8, 4) is 0 Å². The topological polar surface area (TPSA) is 30.0 Å². The molecule has 0 unspecified atom stereocenters. The lowest BCUT2D eigenvalue weighted by Gasteiger charge is -2.16. The second kappa shape index (κ2) is 4.81. The van der Waals surface area contributed by atoms with Crippen molar-refractivity contribution < 1.29 is 4.79 Å². The molecule has 19 heavy (non-hydrogen) atoms. The number of Topliss-reactive ketones (excluding diaryl/α,β-unsaturated/α-hetero) is 1. The van der Waals surface area contributed by atoms with Gasteiger partial charge in [0.05, 0.1) is 5.69 Å². The minimum Gasteiger partial charge on any atom is -0.289 e. The third kappa shape index (κ3) is 2.10. The number of hydrogen-bond donors (Lipinski definition) is 0. The van der Waals surface area contributed by atoms with Crippen LogP contribution in [0.25, 0.3) is 5.57 Å². The number of ketones is 1. The monoisotopic (exact) mass is 249 g/mol. The summed E-state index contributed by atoms with van der Waals surface area (Å²) in [4.78, 5) is 16.8. The molecule has 1 aromatic carbocycles. The maximum absolute atomic E-state index is 12.5. The number of carbonyl (C=O) groups is 1. The van der Waals surface area contributed by atoms with Gasteiger partial charge >= 0.3 is 0 Å². The van der Waals surface area contributed by atoms with Gasteiger partial charge in [0.2, 0.25) is 0 Å². The second-order valence-corrected chi connectivity index (χ2v) is 4.71. The number of benzene rings is 1. The first-order valence-electron chi connectivity index (χ1n) is 6.57. The molecule has 0 spiro atoms. The normalized spacial score (nSPS) is 13.9. The van der Waals surface area contributed by atoms with E-state index < -0.39 is 0 Å². The fraction of sp³-hybridized carbons (Fsp3) is 0.176. The van der Waals surface area contributed by atoms with Crippen LogP contribution in [0.15, 0.2) is 48.7 Å². The molecule has 0 amide bonds. The predicted octanol–water partition coefficient (Wildman–Crippen LogP) is 3.47. The van der Waals surface area contributed by atoms with Crippen molar-refractivity contribution in [1.82, 2.24) is 4.98 Å². The number of aryl methyl sites for hydroxylation is 1. The standard InChI is InChI=1S/C17H15NO/c1-2-12-6-8-14-13(11-12)7-9-15(17(14)19)16-5-3-4-10-18-16/h3-6,8-11H,2,7H2,1H3. The van der Waals surface area contributed by atoms with E-state index >= 15 is 0 Å². The molecule has 0 aliphatic heterocycles. The summed E-state index contributed by atoms with van der Waals surface area (Å²) in [5.41, 5.74) is 4.71. The highest BCUT2D eigenvalue weighted by Gasteiger charge is 2.22. The Balaban J connectivity index is 2.02.